The lowest BCUT2D eigenvalue weighted by molar-refractivity contribution is 1.19. The number of hydrogen-bond donors (Lipinski definition) is 0. The van der Waals surface area contributed by atoms with Gasteiger partial charge in [0.15, 0.2) is 0 Å². The Morgan fingerprint density at radius 2 is 0.325 bits per heavy atom. The minimum Gasteiger partial charge on any atom is -0.309 e. The predicted molar refractivity (Wildman–Crippen MR) is 540 cm³/mol. The fraction of sp³-hybridized carbons (Fsp3) is 0. The molecule has 126 heavy (non-hydrogen) atoms. The monoisotopic (exact) mass is 1590 g/mol. The van der Waals surface area contributed by atoms with Crippen molar-refractivity contribution in [3.05, 3.63) is 473 Å². The van der Waals surface area contributed by atoms with Crippen LogP contribution in [0.15, 0.2) is 473 Å². The van der Waals surface area contributed by atoms with Gasteiger partial charge in [-0.3, -0.25) is 0 Å². The molecule has 0 aliphatic rings. The molecule has 0 saturated heterocycles. The van der Waals surface area contributed by atoms with Crippen molar-refractivity contribution in [2.75, 3.05) is 0 Å². The molecule has 0 amide bonds. The normalized spacial score (nSPS) is 11.8. The van der Waals surface area contributed by atoms with Gasteiger partial charge in [-0.1, -0.05) is 413 Å². The van der Waals surface area contributed by atoms with Crippen molar-refractivity contribution in [3.63, 3.8) is 0 Å². The fourth-order valence-electron chi connectivity index (χ4n) is 21.2. The van der Waals surface area contributed by atoms with E-state index in [0.717, 1.165) is 11.4 Å². The first-order chi connectivity index (χ1) is 62.6. The highest BCUT2D eigenvalue weighted by Crippen LogP contribution is 2.50. The zero-order chi connectivity index (χ0) is 82.9. The molecule has 0 N–H and O–H groups in total. The SMILES string of the molecule is c1ccc(-c2c3ccccc3c(-c3ccc(-c4cc5c6ccccc6n(-c6ccc(-c7c8ccccc8c(-c8ccccc8)c8ccccc78)cc6)c5c5ccccc45)cc3)c3ccccc23)cc1.c1ccc2c(c1)cc(-c1ccc(-c3cc4c5ccccc5n(-c5ccc(-c6cc7ccccc7c7ccccc67)cc5)c4c4ccccc34)cc1)c1ccccc12. The van der Waals surface area contributed by atoms with Gasteiger partial charge in [0.25, 0.3) is 0 Å². The van der Waals surface area contributed by atoms with Gasteiger partial charge in [-0.15, -0.1) is 0 Å². The Labute approximate surface area is 728 Å². The molecule has 584 valence electrons. The molecule has 0 fully saturated rings. The van der Waals surface area contributed by atoms with E-state index in [2.05, 4.69) is 482 Å². The van der Waals surface area contributed by atoms with E-state index < -0.39 is 0 Å². The zero-order valence-electron chi connectivity index (χ0n) is 68.9. The van der Waals surface area contributed by atoms with Gasteiger partial charge >= 0.3 is 0 Å². The lowest BCUT2D eigenvalue weighted by Crippen LogP contribution is -1.96. The minimum absolute atomic E-state index is 1.14. The maximum absolute atomic E-state index is 2.48. The van der Waals surface area contributed by atoms with Gasteiger partial charge in [-0.05, 0) is 247 Å². The van der Waals surface area contributed by atoms with E-state index in [-0.39, 0.29) is 0 Å². The van der Waals surface area contributed by atoms with Crippen molar-refractivity contribution >= 4 is 151 Å². The van der Waals surface area contributed by atoms with Crippen LogP contribution in [0.1, 0.15) is 0 Å². The fourth-order valence-corrected chi connectivity index (χ4v) is 21.2. The van der Waals surface area contributed by atoms with Crippen LogP contribution in [-0.4, -0.2) is 9.13 Å². The molecule has 2 nitrogen and oxygen atoms in total. The summed E-state index contributed by atoms with van der Waals surface area (Å²) in [7, 11) is 0. The van der Waals surface area contributed by atoms with Crippen molar-refractivity contribution in [1.82, 2.24) is 9.13 Å². The average molecular weight is 1600 g/mol. The van der Waals surface area contributed by atoms with Gasteiger partial charge in [0.05, 0.1) is 22.1 Å². The molecule has 0 saturated carbocycles. The second kappa shape index (κ2) is 29.7. The van der Waals surface area contributed by atoms with Crippen LogP contribution in [0, 0.1) is 0 Å². The Morgan fingerprint density at radius 3 is 0.643 bits per heavy atom. The number of hydrogen-bond acceptors (Lipinski definition) is 0. The Hall–Kier alpha value is -16.5. The smallest absolute Gasteiger partial charge is 0.0619 e. The summed E-state index contributed by atoms with van der Waals surface area (Å²) in [5.41, 5.74) is 27.0. The molecule has 0 radical (unpaired) electrons. The van der Waals surface area contributed by atoms with Crippen LogP contribution in [0.3, 0.4) is 0 Å². The summed E-state index contributed by atoms with van der Waals surface area (Å²) in [5, 5.41) is 30.3. The molecular formula is C124H78N2. The first-order valence-electron chi connectivity index (χ1n) is 43.7. The summed E-state index contributed by atoms with van der Waals surface area (Å²) in [6, 6.07) is 174. The van der Waals surface area contributed by atoms with Crippen molar-refractivity contribution in [2.24, 2.45) is 0 Å². The highest BCUT2D eigenvalue weighted by molar-refractivity contribution is 6.27. The maximum atomic E-state index is 2.48. The summed E-state index contributed by atoms with van der Waals surface area (Å²) in [4.78, 5) is 0. The Morgan fingerprint density at radius 1 is 0.119 bits per heavy atom. The molecule has 26 aromatic rings. The summed E-state index contributed by atoms with van der Waals surface area (Å²) in [6.07, 6.45) is 0. The maximum Gasteiger partial charge on any atom is 0.0619 e. The van der Waals surface area contributed by atoms with Crippen LogP contribution in [0.5, 0.6) is 0 Å². The van der Waals surface area contributed by atoms with E-state index in [9.17, 15) is 0 Å². The van der Waals surface area contributed by atoms with E-state index in [1.165, 1.54) is 240 Å². The van der Waals surface area contributed by atoms with Crippen molar-refractivity contribution in [1.29, 1.82) is 0 Å². The van der Waals surface area contributed by atoms with Gasteiger partial charge in [-0.2, -0.15) is 0 Å². The van der Waals surface area contributed by atoms with Crippen LogP contribution in [0.4, 0.5) is 0 Å². The van der Waals surface area contributed by atoms with E-state index in [0.29, 0.717) is 0 Å². The molecular weight excluding hydrogens is 1520 g/mol. The molecule has 0 unspecified atom stereocenters. The number of para-hydroxylation sites is 2. The minimum atomic E-state index is 1.14. The molecule has 0 spiro atoms. The molecule has 0 atom stereocenters. The van der Waals surface area contributed by atoms with Crippen LogP contribution in [-0.2, 0) is 0 Å². The largest absolute Gasteiger partial charge is 0.309 e. The topological polar surface area (TPSA) is 9.86 Å². The van der Waals surface area contributed by atoms with Crippen molar-refractivity contribution in [2.45, 2.75) is 0 Å². The van der Waals surface area contributed by atoms with Gasteiger partial charge < -0.3 is 9.13 Å². The molecule has 0 aliphatic carbocycles. The third-order valence-corrected chi connectivity index (χ3v) is 26.7. The van der Waals surface area contributed by atoms with Crippen molar-refractivity contribution in [3.8, 4) is 100 Å². The van der Waals surface area contributed by atoms with Gasteiger partial charge in [0.2, 0.25) is 0 Å². The number of nitrogens with zero attached hydrogens (tertiary/aromatic N) is 2. The summed E-state index contributed by atoms with van der Waals surface area (Å²) < 4.78 is 4.95. The molecule has 2 heteroatoms. The highest BCUT2D eigenvalue weighted by Gasteiger charge is 2.25. The highest BCUT2D eigenvalue weighted by atomic mass is 15.0. The first kappa shape index (κ1) is 72.3. The lowest BCUT2D eigenvalue weighted by atomic mass is 9.85. The summed E-state index contributed by atoms with van der Waals surface area (Å²) >= 11 is 0. The van der Waals surface area contributed by atoms with Gasteiger partial charge in [-0.25, -0.2) is 0 Å². The molecule has 24 aromatic carbocycles. The predicted octanol–water partition coefficient (Wildman–Crippen LogP) is 34.4. The Bertz CT molecular complexity index is 8790. The lowest BCUT2D eigenvalue weighted by Gasteiger charge is -2.18. The van der Waals surface area contributed by atoms with Gasteiger partial charge in [0, 0.05) is 43.7 Å². The zero-order valence-corrected chi connectivity index (χ0v) is 68.9. The van der Waals surface area contributed by atoms with Crippen LogP contribution < -0.4 is 0 Å². The molecule has 0 bridgehead atoms. The standard InChI is InChI=1S/C68H43N.C56H35N/c1-3-19-45(20-4-1)64-52-25-8-12-29-56(52)66(57-30-13-9-26-53(57)64)47-37-35-44(36-38-47)61-43-62-51-24-17-18-34-63(51)69(68(62)60-33-16-7-23-50(60)61)49-41-39-48(40-42-49)67-58-31-14-10-27-54(58)65(46-21-5-2-6-22-46)55-28-11-15-32-59(55)67;1-3-15-42-39(13-1)33-51(46-19-7-5-17-44(42)46)36-25-27-37(28-26-36)53-35-54-49-22-11-12-24-55(49)57(56(54)50-23-10-9-21-48(50)53)41-31-29-38(30-32-41)52-34-40-14-2-4-16-43(40)45-18-6-8-20-47(45)52/h1-43H;1-35H. The second-order valence-electron chi connectivity index (χ2n) is 33.5. The molecule has 26 rings (SSSR count). The third kappa shape index (κ3) is 11.6. The summed E-state index contributed by atoms with van der Waals surface area (Å²) in [5.74, 6) is 0. The molecule has 2 aromatic heterocycles. The van der Waals surface area contributed by atoms with Crippen LogP contribution >= 0.6 is 0 Å². The second-order valence-corrected chi connectivity index (χ2v) is 33.5. The number of rotatable bonds is 10. The number of aromatic nitrogens is 2. The van der Waals surface area contributed by atoms with Crippen LogP contribution in [0.2, 0.25) is 0 Å². The molecule has 0 aliphatic heterocycles. The molecule has 2 heterocycles. The van der Waals surface area contributed by atoms with E-state index in [4.69, 9.17) is 0 Å². The average Bonchev–Trinajstić information content (AvgIpc) is 1.37. The Balaban J connectivity index is 0.000000140. The first-order valence-corrected chi connectivity index (χ1v) is 43.7. The van der Waals surface area contributed by atoms with E-state index >= 15 is 0 Å². The van der Waals surface area contributed by atoms with E-state index in [1.807, 2.05) is 0 Å². The summed E-state index contributed by atoms with van der Waals surface area (Å²) in [6.45, 7) is 0. The quantitative estimate of drug-likeness (QED) is 0.0954. The van der Waals surface area contributed by atoms with Crippen molar-refractivity contribution < 1.29 is 0 Å². The third-order valence-electron chi connectivity index (χ3n) is 26.7. The van der Waals surface area contributed by atoms with Crippen LogP contribution in [0.25, 0.3) is 252 Å². The Kier molecular flexibility index (Phi) is 17.0. The number of fused-ring (bicyclic) bond motifs is 20. The number of benzene rings is 24. The van der Waals surface area contributed by atoms with Gasteiger partial charge in [0.1, 0.15) is 0 Å². The van der Waals surface area contributed by atoms with E-state index in [1.54, 1.807) is 0 Å².